The van der Waals surface area contributed by atoms with Gasteiger partial charge in [-0.15, -0.1) is 0 Å². The van der Waals surface area contributed by atoms with Crippen LogP contribution >= 0.6 is 0 Å². The van der Waals surface area contributed by atoms with Crippen LogP contribution in [0.3, 0.4) is 0 Å². The fourth-order valence-electron chi connectivity index (χ4n) is 5.16. The summed E-state index contributed by atoms with van der Waals surface area (Å²) in [5.74, 6) is -0.951. The average molecular weight is 670 g/mol. The summed E-state index contributed by atoms with van der Waals surface area (Å²) in [5.41, 5.74) is 1.25. The number of halogens is 3. The van der Waals surface area contributed by atoms with Crippen molar-refractivity contribution in [1.29, 1.82) is 0 Å². The predicted octanol–water partition coefficient (Wildman–Crippen LogP) is 5.53. The number of nitrogens with zero attached hydrogens (tertiary/aromatic N) is 3. The summed E-state index contributed by atoms with van der Waals surface area (Å²) in [4.78, 5) is 42.5. The first-order chi connectivity index (χ1) is 22.1. The number of hydrogen-bond donors (Lipinski definition) is 3. The van der Waals surface area contributed by atoms with Gasteiger partial charge < -0.3 is 39.5 Å². The highest BCUT2D eigenvalue weighted by molar-refractivity contribution is 5.99. The second-order valence-corrected chi connectivity index (χ2v) is 12.2. The van der Waals surface area contributed by atoms with Crippen LogP contribution < -0.4 is 15.4 Å². The third-order valence-electron chi connectivity index (χ3n) is 8.04. The number of ether oxygens (including phenoxy) is 2. The minimum Gasteiger partial charge on any atom is -0.490 e. The zero-order chi connectivity index (χ0) is 34.9. The van der Waals surface area contributed by atoms with Crippen LogP contribution in [-0.2, 0) is 9.53 Å². The normalized spacial score (nSPS) is 20.4. The number of amides is 4. The number of carbonyl (C=O) groups excluding carboxylic acids is 3. The van der Waals surface area contributed by atoms with Crippen LogP contribution in [-0.4, -0.2) is 95.7 Å². The zero-order valence-corrected chi connectivity index (χ0v) is 27.8. The number of aryl methyl sites for hydroxylation is 2. The number of aliphatic hydroxyl groups is 1. The van der Waals surface area contributed by atoms with Crippen molar-refractivity contribution in [2.45, 2.75) is 91.1 Å². The van der Waals surface area contributed by atoms with Crippen molar-refractivity contribution in [3.05, 3.63) is 35.2 Å². The second kappa shape index (κ2) is 16.8. The number of fused-ring (bicyclic) bond motifs is 1. The van der Waals surface area contributed by atoms with E-state index in [0.29, 0.717) is 30.2 Å². The Morgan fingerprint density at radius 2 is 1.91 bits per heavy atom. The van der Waals surface area contributed by atoms with Gasteiger partial charge in [0.2, 0.25) is 5.91 Å². The summed E-state index contributed by atoms with van der Waals surface area (Å²) in [6.45, 7) is 9.22. The van der Waals surface area contributed by atoms with Crippen molar-refractivity contribution in [2.24, 2.45) is 5.92 Å². The van der Waals surface area contributed by atoms with E-state index >= 15 is 0 Å². The number of anilines is 2. The Kier molecular flexibility index (Phi) is 13.5. The van der Waals surface area contributed by atoms with Gasteiger partial charge in [-0.3, -0.25) is 9.59 Å². The number of carbonyl (C=O) groups is 3. The van der Waals surface area contributed by atoms with E-state index in [1.165, 1.54) is 28.0 Å². The van der Waals surface area contributed by atoms with Crippen molar-refractivity contribution in [3.8, 4) is 5.75 Å². The molecule has 15 heteroatoms. The topological polar surface area (TPSA) is 146 Å². The molecule has 0 saturated carbocycles. The highest BCUT2D eigenvalue weighted by Crippen LogP contribution is 2.29. The Balaban J connectivity index is 1.89. The van der Waals surface area contributed by atoms with E-state index < -0.39 is 49.0 Å². The molecule has 3 N–H and O–H groups in total. The van der Waals surface area contributed by atoms with Gasteiger partial charge in [-0.05, 0) is 65.2 Å². The summed E-state index contributed by atoms with van der Waals surface area (Å²) in [6, 6.07) is 3.33. The van der Waals surface area contributed by atoms with E-state index in [0.717, 1.165) is 12.8 Å². The minimum absolute atomic E-state index is 0.0865. The fraction of sp³-hybridized carbons (Fsp3) is 0.625. The van der Waals surface area contributed by atoms with Crippen molar-refractivity contribution < 1.29 is 46.7 Å². The van der Waals surface area contributed by atoms with E-state index in [-0.39, 0.29) is 48.7 Å². The summed E-state index contributed by atoms with van der Waals surface area (Å²) < 4.78 is 55.6. The molecule has 0 unspecified atom stereocenters. The number of aromatic nitrogens is 1. The molecule has 0 aliphatic carbocycles. The Hall–Kier alpha value is -3.85. The standard InChI is InChI=1S/C32H46F3N5O7/c1-19-16-40(20(2)18-41)30(43)25-15-24(36-28(42)12-13-32(33,34)35)10-11-26(25)46-21(3)9-7-8-14-45-27(19)17-39(6)31(44)37-29-22(4)38-47-23(29)5/h10-11,15,19-21,27,41H,7-9,12-14,16-18H2,1-6H3,(H,36,42)(H,37,44)/t19-,20+,21+,27-/m0/s1. The molecule has 1 aliphatic rings. The molecule has 0 radical (unpaired) electrons. The molecule has 262 valence electrons. The smallest absolute Gasteiger partial charge is 0.389 e. The Morgan fingerprint density at radius 1 is 1.19 bits per heavy atom. The lowest BCUT2D eigenvalue weighted by atomic mass is 10.0. The molecule has 0 spiro atoms. The zero-order valence-electron chi connectivity index (χ0n) is 27.8. The SMILES string of the molecule is Cc1noc(C)c1NC(=O)N(C)C[C@@H]1OCCCC[C@@H](C)Oc2ccc(NC(=O)CCC(F)(F)F)cc2C(=O)N([C@H](C)CO)C[C@@H]1C. The molecule has 1 aromatic carbocycles. The number of likely N-dealkylation sites (N-methyl/N-ethyl adjacent to an activating group) is 1. The van der Waals surface area contributed by atoms with Crippen LogP contribution in [0.1, 0.15) is 74.7 Å². The molecule has 0 saturated heterocycles. The number of aliphatic hydroxyl groups excluding tert-OH is 1. The summed E-state index contributed by atoms with van der Waals surface area (Å²) in [5, 5.41) is 19.2. The fourth-order valence-corrected chi connectivity index (χ4v) is 5.16. The molecule has 1 aromatic heterocycles. The second-order valence-electron chi connectivity index (χ2n) is 12.2. The van der Waals surface area contributed by atoms with Gasteiger partial charge in [-0.25, -0.2) is 4.79 Å². The highest BCUT2D eigenvalue weighted by atomic mass is 19.4. The van der Waals surface area contributed by atoms with Crippen LogP contribution in [0.25, 0.3) is 0 Å². The number of hydrogen-bond acceptors (Lipinski definition) is 8. The summed E-state index contributed by atoms with van der Waals surface area (Å²) in [6.07, 6.45) is -5.19. The number of nitrogens with one attached hydrogen (secondary N) is 2. The Labute approximate surface area is 272 Å². The van der Waals surface area contributed by atoms with Gasteiger partial charge in [0.1, 0.15) is 17.1 Å². The van der Waals surface area contributed by atoms with E-state index in [1.807, 2.05) is 13.8 Å². The van der Waals surface area contributed by atoms with Crippen LogP contribution in [0.4, 0.5) is 29.3 Å². The summed E-state index contributed by atoms with van der Waals surface area (Å²) >= 11 is 0. The molecule has 47 heavy (non-hydrogen) atoms. The molecular formula is C32H46F3N5O7. The Bertz CT molecular complexity index is 1350. The quantitative estimate of drug-likeness (QED) is 0.333. The maximum Gasteiger partial charge on any atom is 0.389 e. The molecule has 2 heterocycles. The maximum atomic E-state index is 14.2. The molecule has 12 nitrogen and oxygen atoms in total. The molecule has 3 rings (SSSR count). The van der Waals surface area contributed by atoms with E-state index in [1.54, 1.807) is 27.8 Å². The van der Waals surface area contributed by atoms with Gasteiger partial charge in [0.15, 0.2) is 5.76 Å². The third kappa shape index (κ3) is 11.1. The van der Waals surface area contributed by atoms with Gasteiger partial charge in [0, 0.05) is 44.8 Å². The van der Waals surface area contributed by atoms with E-state index in [9.17, 15) is 32.7 Å². The molecule has 4 amide bonds. The lowest BCUT2D eigenvalue weighted by Crippen LogP contribution is -2.48. The first-order valence-electron chi connectivity index (χ1n) is 15.7. The maximum absolute atomic E-state index is 14.2. The Morgan fingerprint density at radius 3 is 2.55 bits per heavy atom. The van der Waals surface area contributed by atoms with Gasteiger partial charge in [0.25, 0.3) is 5.91 Å². The van der Waals surface area contributed by atoms with Gasteiger partial charge in [-0.1, -0.05) is 12.1 Å². The van der Waals surface area contributed by atoms with E-state index in [2.05, 4.69) is 15.8 Å². The van der Waals surface area contributed by atoms with Gasteiger partial charge >= 0.3 is 12.2 Å². The summed E-state index contributed by atoms with van der Waals surface area (Å²) in [7, 11) is 1.63. The van der Waals surface area contributed by atoms with Crippen LogP contribution in [0.5, 0.6) is 5.75 Å². The lowest BCUT2D eigenvalue weighted by Gasteiger charge is -2.35. The first-order valence-corrected chi connectivity index (χ1v) is 15.7. The van der Waals surface area contributed by atoms with Crippen LogP contribution in [0.2, 0.25) is 0 Å². The van der Waals surface area contributed by atoms with Crippen molar-refractivity contribution in [3.63, 3.8) is 0 Å². The molecule has 4 atom stereocenters. The number of rotatable bonds is 8. The van der Waals surface area contributed by atoms with E-state index in [4.69, 9.17) is 14.0 Å². The van der Waals surface area contributed by atoms with Crippen molar-refractivity contribution in [1.82, 2.24) is 15.0 Å². The minimum atomic E-state index is -4.48. The average Bonchev–Trinajstić information content (AvgIpc) is 3.33. The monoisotopic (exact) mass is 669 g/mol. The lowest BCUT2D eigenvalue weighted by molar-refractivity contribution is -0.142. The predicted molar refractivity (Wildman–Crippen MR) is 168 cm³/mol. The largest absolute Gasteiger partial charge is 0.490 e. The first kappa shape index (κ1) is 37.6. The molecule has 2 aromatic rings. The van der Waals surface area contributed by atoms with Gasteiger partial charge in [-0.2, -0.15) is 13.2 Å². The molecule has 0 bridgehead atoms. The molecular weight excluding hydrogens is 623 g/mol. The van der Waals surface area contributed by atoms with Crippen LogP contribution in [0.15, 0.2) is 22.7 Å². The number of alkyl halides is 3. The highest BCUT2D eigenvalue weighted by Gasteiger charge is 2.32. The number of benzene rings is 1. The van der Waals surface area contributed by atoms with Crippen LogP contribution in [0, 0.1) is 19.8 Å². The van der Waals surface area contributed by atoms with Crippen molar-refractivity contribution >= 4 is 29.2 Å². The third-order valence-corrected chi connectivity index (χ3v) is 8.04. The van der Waals surface area contributed by atoms with Crippen molar-refractivity contribution in [2.75, 3.05) is 44.0 Å². The number of urea groups is 1. The molecule has 1 aliphatic heterocycles. The molecule has 0 fully saturated rings. The van der Waals surface area contributed by atoms with Gasteiger partial charge in [0.05, 0.1) is 36.8 Å².